The van der Waals surface area contributed by atoms with Gasteiger partial charge in [-0.25, -0.2) is 4.98 Å². The third-order valence-corrected chi connectivity index (χ3v) is 4.28. The maximum absolute atomic E-state index is 5.89. The van der Waals surface area contributed by atoms with Crippen molar-refractivity contribution >= 4 is 11.6 Å². The van der Waals surface area contributed by atoms with E-state index in [1.807, 2.05) is 31.3 Å². The smallest absolute Gasteiger partial charge is 0.226 e. The average molecular weight is 306 g/mol. The monoisotopic (exact) mass is 305 g/mol. The van der Waals surface area contributed by atoms with Gasteiger partial charge in [-0.15, -0.1) is 0 Å². The topological polar surface area (TPSA) is 41.3 Å². The van der Waals surface area contributed by atoms with Crippen LogP contribution in [0.4, 0.5) is 0 Å². The fourth-order valence-corrected chi connectivity index (χ4v) is 2.84. The molecule has 0 unspecified atom stereocenters. The van der Waals surface area contributed by atoms with Gasteiger partial charge in [-0.2, -0.15) is 0 Å². The summed E-state index contributed by atoms with van der Waals surface area (Å²) in [6, 6.07) is 8.21. The molecule has 4 nitrogen and oxygen atoms in total. The van der Waals surface area contributed by atoms with Gasteiger partial charge in [0, 0.05) is 36.3 Å². The Balaban J connectivity index is 1.62. The van der Waals surface area contributed by atoms with Crippen molar-refractivity contribution in [1.82, 2.24) is 15.2 Å². The Morgan fingerprint density at radius 2 is 2.00 bits per heavy atom. The van der Waals surface area contributed by atoms with E-state index in [0.717, 1.165) is 35.9 Å². The molecule has 0 aliphatic carbocycles. The van der Waals surface area contributed by atoms with Crippen molar-refractivity contribution in [2.75, 3.05) is 20.1 Å². The van der Waals surface area contributed by atoms with E-state index in [1.165, 1.54) is 12.8 Å². The molecule has 1 fully saturated rings. The summed E-state index contributed by atoms with van der Waals surface area (Å²) in [7, 11) is 2.04. The Kier molecular flexibility index (Phi) is 4.58. The first-order valence-electron chi connectivity index (χ1n) is 7.34. The number of benzene rings is 1. The predicted octanol–water partition coefficient (Wildman–Crippen LogP) is 3.18. The van der Waals surface area contributed by atoms with Crippen molar-refractivity contribution < 1.29 is 4.42 Å². The summed E-state index contributed by atoms with van der Waals surface area (Å²) in [6.45, 7) is 3.07. The van der Waals surface area contributed by atoms with Crippen LogP contribution in [0.15, 0.2) is 34.9 Å². The molecule has 1 aromatic carbocycles. The third kappa shape index (κ3) is 3.64. The molecule has 1 saturated heterocycles. The van der Waals surface area contributed by atoms with Gasteiger partial charge < -0.3 is 9.73 Å². The van der Waals surface area contributed by atoms with Gasteiger partial charge in [0.15, 0.2) is 0 Å². The lowest BCUT2D eigenvalue weighted by molar-refractivity contribution is 0.192. The number of nitrogens with zero attached hydrogens (tertiary/aromatic N) is 2. The van der Waals surface area contributed by atoms with Crippen LogP contribution in [0.5, 0.6) is 0 Å². The van der Waals surface area contributed by atoms with E-state index >= 15 is 0 Å². The Morgan fingerprint density at radius 1 is 1.29 bits per heavy atom. The lowest BCUT2D eigenvalue weighted by atomic mass is 10.1. The van der Waals surface area contributed by atoms with E-state index in [-0.39, 0.29) is 0 Å². The van der Waals surface area contributed by atoms with Crippen LogP contribution in [0, 0.1) is 0 Å². The van der Waals surface area contributed by atoms with Gasteiger partial charge >= 0.3 is 0 Å². The van der Waals surface area contributed by atoms with Gasteiger partial charge in [-0.05, 0) is 44.2 Å². The molecule has 5 heteroatoms. The van der Waals surface area contributed by atoms with Crippen molar-refractivity contribution in [1.29, 1.82) is 0 Å². The van der Waals surface area contributed by atoms with Crippen LogP contribution >= 0.6 is 11.6 Å². The van der Waals surface area contributed by atoms with Crippen LogP contribution in [0.2, 0.25) is 5.02 Å². The lowest BCUT2D eigenvalue weighted by Gasteiger charge is -2.31. The number of nitrogens with one attached hydrogen (secondary N) is 1. The molecule has 21 heavy (non-hydrogen) atoms. The SMILES string of the molecule is CNC1CCN(Cc2coc(-c3ccc(Cl)cc3)n2)CC1. The van der Waals surface area contributed by atoms with Gasteiger partial charge in [-0.1, -0.05) is 11.6 Å². The normalized spacial score (nSPS) is 17.2. The second-order valence-corrected chi connectivity index (χ2v) is 5.93. The molecular weight excluding hydrogens is 286 g/mol. The van der Waals surface area contributed by atoms with Gasteiger partial charge in [0.1, 0.15) is 6.26 Å². The zero-order valence-corrected chi connectivity index (χ0v) is 12.9. The lowest BCUT2D eigenvalue weighted by Crippen LogP contribution is -2.40. The summed E-state index contributed by atoms with van der Waals surface area (Å²) < 4.78 is 5.58. The molecule has 1 aliphatic rings. The van der Waals surface area contributed by atoms with E-state index < -0.39 is 0 Å². The maximum atomic E-state index is 5.89. The highest BCUT2D eigenvalue weighted by Crippen LogP contribution is 2.22. The molecule has 2 aromatic rings. The van der Waals surface area contributed by atoms with Gasteiger partial charge in [0.2, 0.25) is 5.89 Å². The number of piperidine rings is 1. The highest BCUT2D eigenvalue weighted by Gasteiger charge is 2.19. The molecular formula is C16H20ClN3O. The van der Waals surface area contributed by atoms with Gasteiger partial charge in [-0.3, -0.25) is 4.90 Å². The van der Waals surface area contributed by atoms with Crippen LogP contribution in [0.3, 0.4) is 0 Å². The van der Waals surface area contributed by atoms with Crippen LogP contribution < -0.4 is 5.32 Å². The van der Waals surface area contributed by atoms with E-state index in [2.05, 4.69) is 15.2 Å². The van der Waals surface area contributed by atoms with E-state index in [1.54, 1.807) is 6.26 Å². The van der Waals surface area contributed by atoms with Gasteiger partial charge in [0.25, 0.3) is 0 Å². The van der Waals surface area contributed by atoms with Crippen molar-refractivity contribution in [2.24, 2.45) is 0 Å². The van der Waals surface area contributed by atoms with Crippen molar-refractivity contribution in [3.63, 3.8) is 0 Å². The Morgan fingerprint density at radius 3 is 2.67 bits per heavy atom. The molecule has 0 bridgehead atoms. The van der Waals surface area contributed by atoms with Crippen LogP contribution in [-0.4, -0.2) is 36.1 Å². The predicted molar refractivity (Wildman–Crippen MR) is 84.3 cm³/mol. The average Bonchev–Trinajstić information content (AvgIpc) is 2.97. The van der Waals surface area contributed by atoms with E-state index in [9.17, 15) is 0 Å². The molecule has 112 valence electrons. The molecule has 0 saturated carbocycles. The second-order valence-electron chi connectivity index (χ2n) is 5.49. The third-order valence-electron chi connectivity index (χ3n) is 4.02. The molecule has 0 amide bonds. The maximum Gasteiger partial charge on any atom is 0.226 e. The molecule has 1 aromatic heterocycles. The fourth-order valence-electron chi connectivity index (χ4n) is 2.71. The summed E-state index contributed by atoms with van der Waals surface area (Å²) in [4.78, 5) is 7.00. The van der Waals surface area contributed by atoms with Gasteiger partial charge in [0.05, 0.1) is 5.69 Å². The molecule has 0 spiro atoms. The Hall–Kier alpha value is -1.36. The minimum atomic E-state index is 0.656. The number of oxazole rings is 1. The Labute approximate surface area is 130 Å². The van der Waals surface area contributed by atoms with Crippen LogP contribution in [-0.2, 0) is 6.54 Å². The quantitative estimate of drug-likeness (QED) is 0.942. The zero-order chi connectivity index (χ0) is 14.7. The summed E-state index contributed by atoms with van der Waals surface area (Å²) >= 11 is 5.89. The first-order valence-corrected chi connectivity index (χ1v) is 7.72. The highest BCUT2D eigenvalue weighted by atomic mass is 35.5. The standard InChI is InChI=1S/C16H20ClN3O/c1-18-14-6-8-20(9-7-14)10-15-11-21-16(19-15)12-2-4-13(17)5-3-12/h2-5,11,14,18H,6-10H2,1H3. The highest BCUT2D eigenvalue weighted by molar-refractivity contribution is 6.30. The van der Waals surface area contributed by atoms with E-state index in [4.69, 9.17) is 16.0 Å². The van der Waals surface area contributed by atoms with Crippen LogP contribution in [0.25, 0.3) is 11.5 Å². The summed E-state index contributed by atoms with van der Waals surface area (Å²) in [5.74, 6) is 0.659. The molecule has 3 rings (SSSR count). The molecule has 2 heterocycles. The molecule has 1 N–H and O–H groups in total. The zero-order valence-electron chi connectivity index (χ0n) is 12.2. The summed E-state index contributed by atoms with van der Waals surface area (Å²) in [5, 5.41) is 4.07. The first-order chi connectivity index (χ1) is 10.2. The fraction of sp³-hybridized carbons (Fsp3) is 0.438. The van der Waals surface area contributed by atoms with E-state index in [0.29, 0.717) is 11.9 Å². The molecule has 0 radical (unpaired) electrons. The van der Waals surface area contributed by atoms with Crippen molar-refractivity contribution in [2.45, 2.75) is 25.4 Å². The van der Waals surface area contributed by atoms with Crippen molar-refractivity contribution in [3.8, 4) is 11.5 Å². The largest absolute Gasteiger partial charge is 0.444 e. The number of likely N-dealkylation sites (tertiary alicyclic amines) is 1. The van der Waals surface area contributed by atoms with Crippen molar-refractivity contribution in [3.05, 3.63) is 41.2 Å². The minimum Gasteiger partial charge on any atom is -0.444 e. The molecule has 0 atom stereocenters. The number of rotatable bonds is 4. The van der Waals surface area contributed by atoms with Crippen LogP contribution in [0.1, 0.15) is 18.5 Å². The number of hydrogen-bond donors (Lipinski definition) is 1. The summed E-state index contributed by atoms with van der Waals surface area (Å²) in [5.41, 5.74) is 1.95. The number of halogens is 1. The minimum absolute atomic E-state index is 0.656. The Bertz CT molecular complexity index is 573. The second kappa shape index (κ2) is 6.60. The summed E-state index contributed by atoms with van der Waals surface area (Å²) in [6.07, 6.45) is 4.14. The molecule has 1 aliphatic heterocycles. The number of aromatic nitrogens is 1. The first kappa shape index (κ1) is 14.6. The number of hydrogen-bond acceptors (Lipinski definition) is 4.